The molecular formula is C22H28N4O3. The number of amides is 1. The molecule has 154 valence electrons. The Morgan fingerprint density at radius 1 is 1.21 bits per heavy atom. The van der Waals surface area contributed by atoms with Gasteiger partial charge >= 0.3 is 0 Å². The van der Waals surface area contributed by atoms with E-state index < -0.39 is 0 Å². The first kappa shape index (κ1) is 17.7. The van der Waals surface area contributed by atoms with Crippen LogP contribution in [0.4, 0.5) is 5.95 Å². The Balaban J connectivity index is 1.20. The van der Waals surface area contributed by atoms with Crippen molar-refractivity contribution in [2.45, 2.75) is 57.5 Å². The molecule has 2 aromatic heterocycles. The van der Waals surface area contributed by atoms with Gasteiger partial charge in [0.2, 0.25) is 17.7 Å². The van der Waals surface area contributed by atoms with Gasteiger partial charge in [-0.1, -0.05) is 6.07 Å². The molecule has 0 aromatic carbocycles. The number of ether oxygens (including phenoxy) is 2. The van der Waals surface area contributed by atoms with Gasteiger partial charge in [-0.05, 0) is 75.2 Å². The minimum atomic E-state index is -0.203. The van der Waals surface area contributed by atoms with E-state index >= 15 is 0 Å². The molecule has 3 heterocycles. The molecule has 4 aliphatic carbocycles. The normalized spacial score (nSPS) is 35.3. The fraction of sp³-hybridized carbons (Fsp3) is 0.682. The molecule has 1 amide bonds. The lowest BCUT2D eigenvalue weighted by Gasteiger charge is -2.55. The van der Waals surface area contributed by atoms with Crippen LogP contribution in [-0.4, -0.2) is 39.8 Å². The van der Waals surface area contributed by atoms with E-state index in [1.165, 1.54) is 19.3 Å². The van der Waals surface area contributed by atoms with Crippen LogP contribution < -0.4 is 10.1 Å². The van der Waals surface area contributed by atoms with Gasteiger partial charge in [0.15, 0.2) is 5.65 Å². The summed E-state index contributed by atoms with van der Waals surface area (Å²) < 4.78 is 13.2. The molecule has 29 heavy (non-hydrogen) atoms. The van der Waals surface area contributed by atoms with E-state index in [0.29, 0.717) is 24.1 Å². The Hall–Kier alpha value is -2.15. The molecule has 1 saturated heterocycles. The van der Waals surface area contributed by atoms with Gasteiger partial charge in [0.05, 0.1) is 11.5 Å². The largest absolute Gasteiger partial charge is 0.475 e. The third-order valence-electron chi connectivity index (χ3n) is 7.51. The second-order valence-corrected chi connectivity index (χ2v) is 9.67. The van der Waals surface area contributed by atoms with Gasteiger partial charge in [-0.2, -0.15) is 9.50 Å². The number of rotatable bonds is 5. The highest BCUT2D eigenvalue weighted by atomic mass is 16.5. The van der Waals surface area contributed by atoms with Crippen LogP contribution in [0.25, 0.3) is 5.65 Å². The Kier molecular flexibility index (Phi) is 4.08. The number of aromatic nitrogens is 3. The van der Waals surface area contributed by atoms with Crippen LogP contribution in [-0.2, 0) is 9.53 Å². The molecule has 1 unspecified atom stereocenters. The standard InChI is InChI=1S/C22H28N4O3/c27-20(22-10-14-7-15(11-22)9-16(8-14)12-22)24-21-23-18-4-1-5-19(26(18)25-21)29-13-17-3-2-6-28-17/h1,4-5,14-17H,2-3,6-13H2,(H,24,25,27). The summed E-state index contributed by atoms with van der Waals surface area (Å²) in [5.74, 6) is 3.32. The fourth-order valence-corrected chi connectivity index (χ4v) is 6.62. The highest BCUT2D eigenvalue weighted by molar-refractivity contribution is 5.94. The molecule has 1 N–H and O–H groups in total. The number of pyridine rings is 1. The Bertz CT molecular complexity index is 898. The lowest BCUT2D eigenvalue weighted by Crippen LogP contribution is -2.51. The molecular weight excluding hydrogens is 368 g/mol. The Labute approximate surface area is 170 Å². The van der Waals surface area contributed by atoms with Crippen molar-refractivity contribution in [3.05, 3.63) is 18.2 Å². The van der Waals surface area contributed by atoms with E-state index in [2.05, 4.69) is 15.4 Å². The van der Waals surface area contributed by atoms with E-state index in [1.807, 2.05) is 18.2 Å². The Morgan fingerprint density at radius 3 is 2.66 bits per heavy atom. The zero-order valence-electron chi connectivity index (χ0n) is 16.7. The van der Waals surface area contributed by atoms with E-state index in [-0.39, 0.29) is 17.4 Å². The van der Waals surface area contributed by atoms with Gasteiger partial charge in [-0.3, -0.25) is 10.1 Å². The molecule has 5 fully saturated rings. The number of nitrogens with zero attached hydrogens (tertiary/aromatic N) is 3. The van der Waals surface area contributed by atoms with E-state index in [4.69, 9.17) is 9.47 Å². The third kappa shape index (κ3) is 3.10. The van der Waals surface area contributed by atoms with Gasteiger partial charge in [0, 0.05) is 12.7 Å². The minimum Gasteiger partial charge on any atom is -0.475 e. The van der Waals surface area contributed by atoms with Crippen LogP contribution in [0.5, 0.6) is 5.88 Å². The zero-order valence-corrected chi connectivity index (χ0v) is 16.7. The molecule has 4 bridgehead atoms. The quantitative estimate of drug-likeness (QED) is 0.838. The van der Waals surface area contributed by atoms with Crippen molar-refractivity contribution in [3.63, 3.8) is 0 Å². The van der Waals surface area contributed by atoms with Gasteiger partial charge in [-0.15, -0.1) is 5.10 Å². The predicted molar refractivity (Wildman–Crippen MR) is 107 cm³/mol. The van der Waals surface area contributed by atoms with Crippen molar-refractivity contribution in [3.8, 4) is 5.88 Å². The topological polar surface area (TPSA) is 77.8 Å². The number of anilines is 1. The highest BCUT2D eigenvalue weighted by Crippen LogP contribution is 2.60. The summed E-state index contributed by atoms with van der Waals surface area (Å²) in [5.41, 5.74) is 0.474. The van der Waals surface area contributed by atoms with Crippen LogP contribution in [0.3, 0.4) is 0 Å². The molecule has 2 aromatic rings. The third-order valence-corrected chi connectivity index (χ3v) is 7.51. The first-order valence-electron chi connectivity index (χ1n) is 11.1. The van der Waals surface area contributed by atoms with Gasteiger partial charge < -0.3 is 9.47 Å². The van der Waals surface area contributed by atoms with Crippen LogP contribution >= 0.6 is 0 Å². The molecule has 7 heteroatoms. The maximum Gasteiger partial charge on any atom is 0.249 e. The first-order chi connectivity index (χ1) is 14.2. The molecule has 7 rings (SSSR count). The first-order valence-corrected chi connectivity index (χ1v) is 11.1. The lowest BCUT2D eigenvalue weighted by atomic mass is 9.49. The molecule has 5 aliphatic rings. The summed E-state index contributed by atoms with van der Waals surface area (Å²) in [6.07, 6.45) is 9.33. The van der Waals surface area contributed by atoms with E-state index in [0.717, 1.165) is 56.5 Å². The van der Waals surface area contributed by atoms with Crippen molar-refractivity contribution in [1.29, 1.82) is 0 Å². The number of hydrogen-bond donors (Lipinski definition) is 1. The van der Waals surface area contributed by atoms with Crippen LogP contribution in [0.1, 0.15) is 51.4 Å². The summed E-state index contributed by atoms with van der Waals surface area (Å²) in [6, 6.07) is 5.66. The number of carbonyl (C=O) groups is 1. The maximum atomic E-state index is 13.3. The zero-order chi connectivity index (χ0) is 19.4. The second kappa shape index (κ2) is 6.69. The van der Waals surface area contributed by atoms with Crippen LogP contribution in [0.2, 0.25) is 0 Å². The number of hydrogen-bond acceptors (Lipinski definition) is 5. The molecule has 1 aliphatic heterocycles. The molecule has 0 spiro atoms. The van der Waals surface area contributed by atoms with E-state index in [9.17, 15) is 4.79 Å². The van der Waals surface area contributed by atoms with Crippen molar-refractivity contribution in [1.82, 2.24) is 14.6 Å². The lowest BCUT2D eigenvalue weighted by molar-refractivity contribution is -0.140. The van der Waals surface area contributed by atoms with Gasteiger partial charge in [0.25, 0.3) is 0 Å². The van der Waals surface area contributed by atoms with Crippen molar-refractivity contribution in [2.24, 2.45) is 23.2 Å². The summed E-state index contributed by atoms with van der Waals surface area (Å²) in [6.45, 7) is 1.32. The summed E-state index contributed by atoms with van der Waals surface area (Å²) in [7, 11) is 0. The van der Waals surface area contributed by atoms with Crippen molar-refractivity contribution < 1.29 is 14.3 Å². The van der Waals surface area contributed by atoms with Crippen LogP contribution in [0.15, 0.2) is 18.2 Å². The highest BCUT2D eigenvalue weighted by Gasteiger charge is 2.54. The SMILES string of the molecule is O=C(Nc1nc2cccc(OCC3CCCO3)n2n1)C12CC3CC(CC(C3)C1)C2. The molecule has 7 nitrogen and oxygen atoms in total. The molecule has 1 atom stereocenters. The average molecular weight is 396 g/mol. The summed E-state index contributed by atoms with van der Waals surface area (Å²) >= 11 is 0. The summed E-state index contributed by atoms with van der Waals surface area (Å²) in [4.78, 5) is 17.8. The number of nitrogens with one attached hydrogen (secondary N) is 1. The predicted octanol–water partition coefficient (Wildman–Crippen LogP) is 3.44. The second-order valence-electron chi connectivity index (χ2n) is 9.67. The fourth-order valence-electron chi connectivity index (χ4n) is 6.62. The number of carbonyl (C=O) groups excluding carboxylic acids is 1. The average Bonchev–Trinajstić information content (AvgIpc) is 3.34. The van der Waals surface area contributed by atoms with Crippen molar-refractivity contribution in [2.75, 3.05) is 18.5 Å². The summed E-state index contributed by atoms with van der Waals surface area (Å²) in [5, 5.41) is 7.58. The minimum absolute atomic E-state index is 0.120. The molecule has 4 saturated carbocycles. The van der Waals surface area contributed by atoms with Gasteiger partial charge in [0.1, 0.15) is 6.61 Å². The maximum absolute atomic E-state index is 13.3. The molecule has 0 radical (unpaired) electrons. The van der Waals surface area contributed by atoms with Crippen LogP contribution in [0, 0.1) is 23.2 Å². The van der Waals surface area contributed by atoms with E-state index in [1.54, 1.807) is 4.52 Å². The van der Waals surface area contributed by atoms with Crippen molar-refractivity contribution >= 4 is 17.5 Å². The Morgan fingerprint density at radius 2 is 1.97 bits per heavy atom. The monoisotopic (exact) mass is 396 g/mol. The number of fused-ring (bicyclic) bond motifs is 1. The smallest absolute Gasteiger partial charge is 0.249 e. The van der Waals surface area contributed by atoms with Gasteiger partial charge in [-0.25, -0.2) is 0 Å².